The van der Waals surface area contributed by atoms with Gasteiger partial charge in [0, 0.05) is 61.2 Å². The van der Waals surface area contributed by atoms with Crippen molar-refractivity contribution in [2.45, 2.75) is 19.9 Å². The van der Waals surface area contributed by atoms with E-state index in [0.29, 0.717) is 4.57 Å². The van der Waals surface area contributed by atoms with Gasteiger partial charge in [0.2, 0.25) is 5.95 Å². The van der Waals surface area contributed by atoms with Crippen molar-refractivity contribution in [3.8, 4) is 16.9 Å². The summed E-state index contributed by atoms with van der Waals surface area (Å²) in [6, 6.07) is -0.592. The van der Waals surface area contributed by atoms with E-state index in [-0.39, 0.29) is 34.0 Å². The first kappa shape index (κ1) is 14.2. The fraction of sp³-hybridized carbons (Fsp3) is 0.107. The summed E-state index contributed by atoms with van der Waals surface area (Å²) in [5.74, 6) is -1.53. The molecule has 0 radical (unpaired) electrons. The van der Waals surface area contributed by atoms with Crippen molar-refractivity contribution in [1.29, 1.82) is 0 Å². The lowest BCUT2D eigenvalue weighted by molar-refractivity contribution is -0.137. The van der Waals surface area contributed by atoms with Crippen LogP contribution in [0.1, 0.15) is 45.0 Å². The molecule has 5 rings (SSSR count). The summed E-state index contributed by atoms with van der Waals surface area (Å²) in [5.41, 5.74) is -5.63. The third-order valence-corrected chi connectivity index (χ3v) is 5.01. The predicted molar refractivity (Wildman–Crippen MR) is 141 cm³/mol. The number of nitrogens with zero attached hydrogens (tertiary/aromatic N) is 5. The second-order valence-electron chi connectivity index (χ2n) is 7.70. The van der Waals surface area contributed by atoms with Crippen molar-refractivity contribution in [1.82, 2.24) is 24.5 Å². The molecule has 0 fully saturated rings. The van der Waals surface area contributed by atoms with Crippen LogP contribution in [0.4, 0.5) is 30.5 Å². The van der Waals surface area contributed by atoms with Crippen molar-refractivity contribution in [2.75, 3.05) is 10.6 Å². The van der Waals surface area contributed by atoms with Gasteiger partial charge in [-0.25, -0.2) is 15.0 Å². The number of carbonyl (C=O) groups excluding carboxylic acids is 1. The largest absolute Gasteiger partial charge is 0.416 e. The van der Waals surface area contributed by atoms with E-state index < -0.39 is 91.0 Å². The molecule has 0 aliphatic rings. The highest BCUT2D eigenvalue weighted by molar-refractivity contribution is 6.05. The highest BCUT2D eigenvalue weighted by Crippen LogP contribution is 2.33. The minimum absolute atomic E-state index is 0.0956. The Balaban J connectivity index is 1.58. The maximum atomic E-state index is 14.2. The highest BCUT2D eigenvalue weighted by atomic mass is 19.4. The Kier molecular flexibility index (Phi) is 3.77. The molecule has 0 bridgehead atoms. The molecule has 0 aliphatic heterocycles. The van der Waals surface area contributed by atoms with Crippen LogP contribution in [0.25, 0.3) is 16.9 Å². The normalized spacial score (nSPS) is 16.7. The Morgan fingerprint density at radius 3 is 2.82 bits per heavy atom. The van der Waals surface area contributed by atoms with Crippen LogP contribution in [0.15, 0.2) is 85.5 Å². The van der Waals surface area contributed by atoms with E-state index in [1.54, 1.807) is 0 Å². The van der Waals surface area contributed by atoms with E-state index in [2.05, 4.69) is 30.6 Å². The number of hydrogen-bond acceptors (Lipinski definition) is 6. The Morgan fingerprint density at radius 2 is 2.03 bits per heavy atom. The van der Waals surface area contributed by atoms with Crippen LogP contribution in [-0.4, -0.2) is 30.4 Å². The SMILES string of the molecule is [2H]c1nc([2H])c(-c2ccnc(Nc3cc(C(=O)Nc4c([2H])c(-n5cnc(C([2H])([2H])[2H])c5)c([2H])c(C(F)(F)F)c4[2H])ccc3C([2H])([2H])[2H])n2)c([2H])c1[2H]. The van der Waals surface area contributed by atoms with Gasteiger partial charge in [-0.1, -0.05) is 6.07 Å². The molecule has 0 saturated carbocycles. The first-order valence-electron chi connectivity index (χ1n) is 17.3. The zero-order valence-corrected chi connectivity index (χ0v) is 19.3. The van der Waals surface area contributed by atoms with Crippen LogP contribution in [0.5, 0.6) is 0 Å². The number of hydrogen-bond donors (Lipinski definition) is 2. The standard InChI is InChI=1S/C28H22F3N7O/c1-17-5-6-19(10-25(17)37-27-33-9-7-24(36-27)20-4-3-8-32-14-20)26(39)35-22-11-21(28(29,30)31)12-23(13-22)38-15-18(2)34-16-38/h3-16H,1-2H3,(H,35,39)(H,33,36,37)/i1D3,2D3,3D,4D,8D,11D,12D,13D,14D. The van der Waals surface area contributed by atoms with Crippen molar-refractivity contribution in [2.24, 2.45) is 0 Å². The molecule has 0 saturated heterocycles. The fourth-order valence-electron chi connectivity index (χ4n) is 3.24. The van der Waals surface area contributed by atoms with Crippen LogP contribution in [0.2, 0.25) is 0 Å². The molecule has 1 amide bonds. The van der Waals surface area contributed by atoms with Gasteiger partial charge in [-0.05, 0) is 67.7 Å². The van der Waals surface area contributed by atoms with Crippen LogP contribution in [0.3, 0.4) is 0 Å². The van der Waals surface area contributed by atoms with E-state index in [4.69, 9.17) is 17.8 Å². The molecule has 3 aromatic heterocycles. The number of benzene rings is 2. The number of anilines is 3. The number of halogens is 3. The minimum Gasteiger partial charge on any atom is -0.324 e. The van der Waals surface area contributed by atoms with Gasteiger partial charge in [0.15, 0.2) is 0 Å². The topological polar surface area (TPSA) is 97.6 Å². The second-order valence-corrected chi connectivity index (χ2v) is 7.70. The molecule has 11 heteroatoms. The third kappa shape index (κ3) is 5.93. The summed E-state index contributed by atoms with van der Waals surface area (Å²) >= 11 is 0. The smallest absolute Gasteiger partial charge is 0.324 e. The zero-order chi connectivity index (χ0) is 38.7. The van der Waals surface area contributed by atoms with Gasteiger partial charge in [-0.3, -0.25) is 9.78 Å². The van der Waals surface area contributed by atoms with Gasteiger partial charge < -0.3 is 15.2 Å². The van der Waals surface area contributed by atoms with E-state index in [9.17, 15) is 18.0 Å². The summed E-state index contributed by atoms with van der Waals surface area (Å²) in [5, 5.41) is 4.69. The Labute approximate surface area is 239 Å². The maximum absolute atomic E-state index is 14.2. The lowest BCUT2D eigenvalue weighted by Crippen LogP contribution is -2.14. The third-order valence-electron chi connectivity index (χ3n) is 5.01. The molecule has 2 N–H and O–H groups in total. The number of alkyl halides is 3. The maximum Gasteiger partial charge on any atom is 0.416 e. The molecule has 39 heavy (non-hydrogen) atoms. The Bertz CT molecular complexity index is 2240. The van der Waals surface area contributed by atoms with Gasteiger partial charge in [0.05, 0.1) is 32.9 Å². The number of aromatic nitrogens is 5. The summed E-state index contributed by atoms with van der Waals surface area (Å²) in [6.07, 6.45) is -3.75. The van der Waals surface area contributed by atoms with Crippen molar-refractivity contribution < 1.29 is 35.8 Å². The molecule has 5 aromatic rings. The second kappa shape index (κ2) is 10.4. The molecule has 0 atom stereocenters. The first-order chi connectivity index (χ1) is 24.0. The number of nitrogens with one attached hydrogen (secondary N) is 2. The van der Waals surface area contributed by atoms with Crippen molar-refractivity contribution >= 4 is 23.2 Å². The quantitative estimate of drug-likeness (QED) is 0.259. The molecule has 196 valence electrons. The molecule has 0 unspecified atom stereocenters. The minimum atomic E-state index is -5.33. The average molecular weight is 543 g/mol. The summed E-state index contributed by atoms with van der Waals surface area (Å²) in [4.78, 5) is 28.9. The van der Waals surface area contributed by atoms with E-state index >= 15 is 0 Å². The first-order valence-corrected chi connectivity index (χ1v) is 10.8. The number of imidazole rings is 1. The molecule has 0 spiro atoms. The fourth-order valence-corrected chi connectivity index (χ4v) is 3.24. The zero-order valence-electron chi connectivity index (χ0n) is 32.3. The summed E-state index contributed by atoms with van der Waals surface area (Å²) in [7, 11) is 0. The molecule has 0 aliphatic carbocycles. The van der Waals surface area contributed by atoms with Crippen LogP contribution in [0, 0.1) is 13.7 Å². The highest BCUT2D eigenvalue weighted by Gasteiger charge is 2.31. The van der Waals surface area contributed by atoms with Gasteiger partial charge in [-0.15, -0.1) is 0 Å². The van der Waals surface area contributed by atoms with Crippen LogP contribution >= 0.6 is 0 Å². The monoisotopic (exact) mass is 542 g/mol. The van der Waals surface area contributed by atoms with Gasteiger partial charge >= 0.3 is 6.18 Å². The Hall–Kier alpha value is -5.06. The van der Waals surface area contributed by atoms with Gasteiger partial charge in [0.25, 0.3) is 5.91 Å². The van der Waals surface area contributed by atoms with Crippen LogP contribution < -0.4 is 10.6 Å². The van der Waals surface area contributed by atoms with Crippen molar-refractivity contribution in [3.05, 3.63) is 108 Å². The summed E-state index contributed by atoms with van der Waals surface area (Å²) in [6.45, 7) is -5.60. The number of carbonyl (C=O) groups is 1. The molecule has 8 nitrogen and oxygen atoms in total. The molecular formula is C28H22F3N7O. The summed E-state index contributed by atoms with van der Waals surface area (Å²) < 4.78 is 146. The lowest BCUT2D eigenvalue weighted by Gasteiger charge is -2.14. The van der Waals surface area contributed by atoms with Gasteiger partial charge in [-0.2, -0.15) is 13.2 Å². The number of rotatable bonds is 6. The number of amides is 1. The molecular weight excluding hydrogens is 507 g/mol. The van der Waals surface area contributed by atoms with E-state index in [1.165, 1.54) is 12.3 Å². The van der Waals surface area contributed by atoms with Gasteiger partial charge in [0.1, 0.15) is 0 Å². The molecule has 3 heterocycles. The van der Waals surface area contributed by atoms with Crippen molar-refractivity contribution in [3.63, 3.8) is 0 Å². The molecule has 2 aromatic carbocycles. The lowest BCUT2D eigenvalue weighted by atomic mass is 10.1. The van der Waals surface area contributed by atoms with Crippen LogP contribution in [-0.2, 0) is 6.18 Å². The average Bonchev–Trinajstić information content (AvgIpc) is 3.51. The van der Waals surface area contributed by atoms with E-state index in [0.717, 1.165) is 30.7 Å². The Morgan fingerprint density at radius 1 is 1.13 bits per heavy atom. The predicted octanol–water partition coefficient (Wildman–Crippen LogP) is 6.36. The number of aryl methyl sites for hydroxylation is 2. The number of pyridine rings is 1. The van der Waals surface area contributed by atoms with E-state index in [1.807, 2.05) is 0 Å².